The number of aryl methyl sites for hydroxylation is 2. The summed E-state index contributed by atoms with van der Waals surface area (Å²) in [6.45, 7) is 2.21. The van der Waals surface area contributed by atoms with Gasteiger partial charge in [-0.3, -0.25) is 0 Å². The Labute approximate surface area is 122 Å². The van der Waals surface area contributed by atoms with Crippen LogP contribution in [0, 0.1) is 0 Å². The van der Waals surface area contributed by atoms with Gasteiger partial charge in [0.25, 0.3) is 0 Å². The first kappa shape index (κ1) is 15.5. The number of hydrogen-bond acceptors (Lipinski definition) is 6. The van der Waals surface area contributed by atoms with Crippen molar-refractivity contribution in [2.75, 3.05) is 12.4 Å². The first-order valence-electron chi connectivity index (χ1n) is 6.10. The fourth-order valence-corrected chi connectivity index (χ4v) is 2.50. The second-order valence-corrected chi connectivity index (χ2v) is 5.15. The van der Waals surface area contributed by atoms with Crippen molar-refractivity contribution in [1.82, 2.24) is 20.0 Å². The van der Waals surface area contributed by atoms with E-state index in [4.69, 9.17) is 4.74 Å². The third-order valence-corrected chi connectivity index (χ3v) is 3.71. The van der Waals surface area contributed by atoms with E-state index in [1.807, 2.05) is 6.92 Å². The van der Waals surface area contributed by atoms with E-state index in [0.29, 0.717) is 23.6 Å². The number of halogens is 3. The zero-order chi connectivity index (χ0) is 15.6. The van der Waals surface area contributed by atoms with Gasteiger partial charge < -0.3 is 10.1 Å². The van der Waals surface area contributed by atoms with Crippen LogP contribution in [0.4, 0.5) is 18.3 Å². The molecule has 2 aromatic heterocycles. The van der Waals surface area contributed by atoms with Crippen LogP contribution in [-0.2, 0) is 26.2 Å². The summed E-state index contributed by atoms with van der Waals surface area (Å²) >= 11 is 0.466. The van der Waals surface area contributed by atoms with Gasteiger partial charge >= 0.3 is 6.18 Å². The highest BCUT2D eigenvalue weighted by molar-refractivity contribution is 7.15. The molecule has 0 aromatic carbocycles. The van der Waals surface area contributed by atoms with E-state index in [-0.39, 0.29) is 11.7 Å². The number of aromatic nitrogens is 4. The highest BCUT2D eigenvalue weighted by Gasteiger charge is 2.35. The van der Waals surface area contributed by atoms with E-state index in [2.05, 4.69) is 20.6 Å². The van der Waals surface area contributed by atoms with Crippen LogP contribution in [0.5, 0.6) is 5.88 Å². The van der Waals surface area contributed by atoms with Gasteiger partial charge in [-0.25, -0.2) is 4.68 Å². The zero-order valence-electron chi connectivity index (χ0n) is 11.7. The summed E-state index contributed by atoms with van der Waals surface area (Å²) in [5.41, 5.74) is 1.62. The van der Waals surface area contributed by atoms with Gasteiger partial charge in [0.1, 0.15) is 0 Å². The molecule has 0 aliphatic rings. The molecule has 0 spiro atoms. The minimum absolute atomic E-state index is 0.107. The number of nitrogens with zero attached hydrogens (tertiary/aromatic N) is 4. The van der Waals surface area contributed by atoms with Gasteiger partial charge in [0.2, 0.25) is 16.0 Å². The zero-order valence-corrected chi connectivity index (χ0v) is 12.5. The third kappa shape index (κ3) is 3.26. The second-order valence-electron chi connectivity index (χ2n) is 4.18. The average Bonchev–Trinajstić information content (AvgIpc) is 2.99. The molecule has 2 aromatic rings. The molecule has 0 aliphatic carbocycles. The van der Waals surface area contributed by atoms with Crippen molar-refractivity contribution in [2.45, 2.75) is 26.1 Å². The first-order chi connectivity index (χ1) is 9.86. The maximum Gasteiger partial charge on any atom is 0.445 e. The van der Waals surface area contributed by atoms with Gasteiger partial charge in [0, 0.05) is 13.6 Å². The predicted octanol–water partition coefficient (Wildman–Crippen LogP) is 2.47. The summed E-state index contributed by atoms with van der Waals surface area (Å²) in [6.07, 6.45) is -3.78. The van der Waals surface area contributed by atoms with Gasteiger partial charge in [-0.2, -0.15) is 18.3 Å². The molecule has 0 radical (unpaired) electrons. The molecule has 0 fully saturated rings. The lowest BCUT2D eigenvalue weighted by atomic mass is 10.2. The fourth-order valence-electron chi connectivity index (χ4n) is 1.90. The summed E-state index contributed by atoms with van der Waals surface area (Å²) in [5.74, 6) is 0.569. The maximum atomic E-state index is 12.5. The molecule has 0 aliphatic heterocycles. The Morgan fingerprint density at radius 2 is 2.05 bits per heavy atom. The van der Waals surface area contributed by atoms with Crippen LogP contribution in [0.15, 0.2) is 0 Å². The van der Waals surface area contributed by atoms with E-state index < -0.39 is 11.2 Å². The number of alkyl halides is 3. The Morgan fingerprint density at radius 3 is 2.57 bits per heavy atom. The summed E-state index contributed by atoms with van der Waals surface area (Å²) in [6, 6.07) is 0. The Balaban J connectivity index is 2.15. The van der Waals surface area contributed by atoms with E-state index >= 15 is 0 Å². The van der Waals surface area contributed by atoms with Crippen LogP contribution >= 0.6 is 11.3 Å². The number of rotatable bonds is 5. The van der Waals surface area contributed by atoms with Crippen molar-refractivity contribution in [3.8, 4) is 5.88 Å². The van der Waals surface area contributed by atoms with Crippen LogP contribution < -0.4 is 10.1 Å². The molecular formula is C11H14F3N5OS. The number of nitrogens with one attached hydrogen (secondary N) is 1. The molecule has 0 atom stereocenters. The predicted molar refractivity (Wildman–Crippen MR) is 71.4 cm³/mol. The van der Waals surface area contributed by atoms with Crippen LogP contribution in [0.3, 0.4) is 0 Å². The minimum atomic E-state index is -4.47. The van der Waals surface area contributed by atoms with Crippen LogP contribution in [0.1, 0.15) is 23.2 Å². The Morgan fingerprint density at radius 1 is 1.33 bits per heavy atom. The summed E-state index contributed by atoms with van der Waals surface area (Å²) in [4.78, 5) is 0. The molecule has 0 bridgehead atoms. The van der Waals surface area contributed by atoms with Gasteiger partial charge in [-0.05, 0) is 6.42 Å². The Hall–Kier alpha value is -1.84. The summed E-state index contributed by atoms with van der Waals surface area (Å²) < 4.78 is 44.2. The number of methoxy groups -OCH3 is 1. The summed E-state index contributed by atoms with van der Waals surface area (Å²) in [5, 5.41) is 12.9. The quantitative estimate of drug-likeness (QED) is 0.916. The molecular weight excluding hydrogens is 307 g/mol. The molecule has 6 nitrogen and oxygen atoms in total. The van der Waals surface area contributed by atoms with Crippen molar-refractivity contribution in [3.05, 3.63) is 16.3 Å². The van der Waals surface area contributed by atoms with Crippen molar-refractivity contribution < 1.29 is 17.9 Å². The molecule has 2 heterocycles. The number of ether oxygens (including phenoxy) is 1. The molecule has 10 heteroatoms. The molecule has 2 rings (SSSR count). The lowest BCUT2D eigenvalue weighted by molar-refractivity contribution is -0.138. The van der Waals surface area contributed by atoms with Crippen LogP contribution in [-0.4, -0.2) is 27.1 Å². The summed E-state index contributed by atoms with van der Waals surface area (Å²) in [7, 11) is 3.26. The standard InChI is InChI=1S/C11H14F3N5OS/c1-4-7-6(8(20-3)19(2)18-7)5-15-10-17-16-9(21-10)11(12,13)14/h4-5H2,1-3H3,(H,15,17). The molecule has 0 amide bonds. The molecule has 116 valence electrons. The molecule has 21 heavy (non-hydrogen) atoms. The maximum absolute atomic E-state index is 12.5. The normalized spacial score (nSPS) is 11.7. The van der Waals surface area contributed by atoms with Crippen molar-refractivity contribution >= 4 is 16.5 Å². The highest BCUT2D eigenvalue weighted by atomic mass is 32.1. The van der Waals surface area contributed by atoms with Crippen molar-refractivity contribution in [2.24, 2.45) is 7.05 Å². The van der Waals surface area contributed by atoms with E-state index in [1.54, 1.807) is 11.7 Å². The molecule has 0 unspecified atom stereocenters. The Kier molecular flexibility index (Phi) is 4.35. The van der Waals surface area contributed by atoms with Gasteiger partial charge in [-0.15, -0.1) is 10.2 Å². The van der Waals surface area contributed by atoms with Gasteiger partial charge in [0.15, 0.2) is 0 Å². The molecule has 0 saturated heterocycles. The number of anilines is 1. The second kappa shape index (κ2) is 5.88. The topological polar surface area (TPSA) is 64.9 Å². The highest BCUT2D eigenvalue weighted by Crippen LogP contribution is 2.33. The Bertz CT molecular complexity index is 622. The fraction of sp³-hybridized carbons (Fsp3) is 0.545. The molecule has 1 N–H and O–H groups in total. The lowest BCUT2D eigenvalue weighted by Gasteiger charge is -2.05. The van der Waals surface area contributed by atoms with Gasteiger partial charge in [-0.1, -0.05) is 18.3 Å². The van der Waals surface area contributed by atoms with Gasteiger partial charge in [0.05, 0.1) is 18.4 Å². The average molecular weight is 321 g/mol. The van der Waals surface area contributed by atoms with E-state index in [0.717, 1.165) is 11.3 Å². The largest absolute Gasteiger partial charge is 0.481 e. The third-order valence-electron chi connectivity index (χ3n) is 2.78. The first-order valence-corrected chi connectivity index (χ1v) is 6.91. The number of hydrogen-bond donors (Lipinski definition) is 1. The molecule has 0 saturated carbocycles. The minimum Gasteiger partial charge on any atom is -0.481 e. The lowest BCUT2D eigenvalue weighted by Crippen LogP contribution is -2.03. The van der Waals surface area contributed by atoms with E-state index in [9.17, 15) is 13.2 Å². The van der Waals surface area contributed by atoms with Crippen LogP contribution in [0.25, 0.3) is 0 Å². The van der Waals surface area contributed by atoms with Crippen molar-refractivity contribution in [1.29, 1.82) is 0 Å². The monoisotopic (exact) mass is 321 g/mol. The van der Waals surface area contributed by atoms with E-state index in [1.165, 1.54) is 7.11 Å². The van der Waals surface area contributed by atoms with Crippen LogP contribution in [0.2, 0.25) is 0 Å². The SMILES string of the molecule is CCc1nn(C)c(OC)c1CNc1nnc(C(F)(F)F)s1. The smallest absolute Gasteiger partial charge is 0.445 e. The van der Waals surface area contributed by atoms with Crippen molar-refractivity contribution in [3.63, 3.8) is 0 Å².